The van der Waals surface area contributed by atoms with Gasteiger partial charge in [-0.15, -0.1) is 0 Å². The zero-order valence-electron chi connectivity index (χ0n) is 21.1. The molecule has 35 heavy (non-hydrogen) atoms. The molecule has 0 aromatic rings. The van der Waals surface area contributed by atoms with Crippen molar-refractivity contribution in [1.82, 2.24) is 5.06 Å². The average molecular weight is 494 g/mol. The highest BCUT2D eigenvalue weighted by molar-refractivity contribution is 6.01. The summed E-state index contributed by atoms with van der Waals surface area (Å²) in [6, 6.07) is 0.0362. The van der Waals surface area contributed by atoms with Crippen LogP contribution in [-0.4, -0.2) is 63.2 Å². The van der Waals surface area contributed by atoms with Gasteiger partial charge in [-0.05, 0) is 62.2 Å². The van der Waals surface area contributed by atoms with Gasteiger partial charge in [-0.3, -0.25) is 9.63 Å². The van der Waals surface area contributed by atoms with Gasteiger partial charge in [0, 0.05) is 35.3 Å². The maximum absolute atomic E-state index is 17.3. The number of hydrogen-bond donors (Lipinski definition) is 2. The van der Waals surface area contributed by atoms with Gasteiger partial charge in [-0.1, -0.05) is 33.8 Å². The SMILES string of the molecule is CCC(C(C)C)N1C[C@@H]2C[C@H]3[C@@H]4C[C@H](F)C5=CC(=O)C=C[C@]5(C)[C@@]4(F)[C@@H](O)C[C@]3(C)[C@]2(C(=O)O)O1. The molecular formula is C27H37F2NO5. The van der Waals surface area contributed by atoms with E-state index >= 15 is 8.78 Å². The largest absolute Gasteiger partial charge is 0.479 e. The van der Waals surface area contributed by atoms with Crippen molar-refractivity contribution in [2.24, 2.45) is 34.5 Å². The molecule has 0 aromatic heterocycles. The third-order valence-electron chi connectivity index (χ3n) is 10.5. The molecule has 0 amide bonds. The maximum atomic E-state index is 17.3. The van der Waals surface area contributed by atoms with Crippen molar-refractivity contribution in [3.8, 4) is 0 Å². The van der Waals surface area contributed by atoms with E-state index in [4.69, 9.17) is 4.84 Å². The summed E-state index contributed by atoms with van der Waals surface area (Å²) in [5.74, 6) is -3.03. The first-order valence-corrected chi connectivity index (χ1v) is 12.9. The lowest BCUT2D eigenvalue weighted by atomic mass is 9.44. The number of hydroxylamine groups is 2. The van der Waals surface area contributed by atoms with Crippen LogP contribution in [0.4, 0.5) is 8.78 Å². The second kappa shape index (κ2) is 7.68. The van der Waals surface area contributed by atoms with Gasteiger partial charge in [0.2, 0.25) is 0 Å². The summed E-state index contributed by atoms with van der Waals surface area (Å²) in [6.45, 7) is 9.94. The Morgan fingerprint density at radius 3 is 2.57 bits per heavy atom. The van der Waals surface area contributed by atoms with Gasteiger partial charge in [-0.2, -0.15) is 5.06 Å². The fraction of sp³-hybridized carbons (Fsp3) is 0.778. The number of carboxylic acids is 1. The molecule has 10 atom stereocenters. The monoisotopic (exact) mass is 493 g/mol. The van der Waals surface area contributed by atoms with Crippen LogP contribution < -0.4 is 0 Å². The average Bonchev–Trinajstić information content (AvgIpc) is 3.26. The molecule has 0 aromatic carbocycles. The first kappa shape index (κ1) is 25.0. The molecule has 1 aliphatic heterocycles. The van der Waals surface area contributed by atoms with Gasteiger partial charge < -0.3 is 10.2 Å². The van der Waals surface area contributed by atoms with E-state index in [2.05, 4.69) is 13.8 Å². The Hall–Kier alpha value is -1.64. The minimum atomic E-state index is -2.22. The molecule has 0 bridgehead atoms. The van der Waals surface area contributed by atoms with Crippen LogP contribution in [0.5, 0.6) is 0 Å². The second-order valence-corrected chi connectivity index (χ2v) is 12.2. The molecule has 1 heterocycles. The molecule has 4 fully saturated rings. The van der Waals surface area contributed by atoms with Gasteiger partial charge in [0.15, 0.2) is 17.1 Å². The number of aliphatic carboxylic acids is 1. The number of halogens is 2. The molecule has 1 unspecified atom stereocenters. The fourth-order valence-electron chi connectivity index (χ4n) is 8.84. The van der Waals surface area contributed by atoms with Crippen molar-refractivity contribution in [2.45, 2.75) is 89.9 Å². The molecule has 1 saturated heterocycles. The Morgan fingerprint density at radius 2 is 1.97 bits per heavy atom. The number of alkyl halides is 2. The van der Waals surface area contributed by atoms with Crippen molar-refractivity contribution in [1.29, 1.82) is 0 Å². The fourth-order valence-corrected chi connectivity index (χ4v) is 8.84. The number of hydrogen-bond acceptors (Lipinski definition) is 5. The van der Waals surface area contributed by atoms with Crippen molar-refractivity contribution in [2.75, 3.05) is 6.54 Å². The standard InChI is InChI=1S/C27H37F2NO5/c1-6-21(14(2)3)30-13-15-9-17-18-11-20(28)19-10-16(31)7-8-24(19,4)26(18,29)22(32)12-25(17,5)27(15,35-30)23(33)34/h7-8,10,14-15,17-18,20-22,32H,6,9,11-13H2,1-5H3,(H,33,34)/t15-,17-,18-,20-,21?,22-,24-,25-,26-,27-/m0/s1. The number of fused-ring (bicyclic) bond motifs is 7. The van der Waals surface area contributed by atoms with Crippen molar-refractivity contribution < 1.29 is 33.4 Å². The normalized spacial score (nSPS) is 49.8. The van der Waals surface area contributed by atoms with Crippen molar-refractivity contribution in [3.05, 3.63) is 23.8 Å². The molecule has 5 aliphatic rings. The number of carboxylic acid groups (broad SMARTS) is 1. The summed E-state index contributed by atoms with van der Waals surface area (Å²) < 4.78 is 32.9. The maximum Gasteiger partial charge on any atom is 0.339 e. The van der Waals surface area contributed by atoms with Crippen molar-refractivity contribution >= 4 is 11.8 Å². The quantitative estimate of drug-likeness (QED) is 0.615. The Labute approximate surface area is 205 Å². The van der Waals surface area contributed by atoms with Crippen LogP contribution in [0, 0.1) is 34.5 Å². The van der Waals surface area contributed by atoms with Gasteiger partial charge >= 0.3 is 5.97 Å². The molecule has 6 nitrogen and oxygen atoms in total. The molecule has 5 rings (SSSR count). The van der Waals surface area contributed by atoms with E-state index in [0.29, 0.717) is 13.0 Å². The van der Waals surface area contributed by atoms with Crippen LogP contribution in [-0.2, 0) is 14.4 Å². The Bertz CT molecular complexity index is 1010. The number of aliphatic hydroxyl groups is 1. The highest BCUT2D eigenvalue weighted by Gasteiger charge is 2.80. The van der Waals surface area contributed by atoms with Crippen LogP contribution in [0.3, 0.4) is 0 Å². The lowest BCUT2D eigenvalue weighted by Gasteiger charge is -2.63. The lowest BCUT2D eigenvalue weighted by molar-refractivity contribution is -0.284. The molecule has 0 radical (unpaired) electrons. The van der Waals surface area contributed by atoms with E-state index in [1.54, 1.807) is 18.9 Å². The topological polar surface area (TPSA) is 87.1 Å². The van der Waals surface area contributed by atoms with Crippen LogP contribution in [0.1, 0.15) is 60.3 Å². The Morgan fingerprint density at radius 1 is 1.29 bits per heavy atom. The smallest absolute Gasteiger partial charge is 0.339 e. The highest BCUT2D eigenvalue weighted by atomic mass is 19.1. The van der Waals surface area contributed by atoms with E-state index in [9.17, 15) is 19.8 Å². The van der Waals surface area contributed by atoms with Crippen LogP contribution >= 0.6 is 0 Å². The summed E-state index contributed by atoms with van der Waals surface area (Å²) in [4.78, 5) is 31.4. The molecule has 3 saturated carbocycles. The minimum absolute atomic E-state index is 0.0362. The summed E-state index contributed by atoms with van der Waals surface area (Å²) >= 11 is 0. The number of allylic oxidation sites excluding steroid dienone is 4. The van der Waals surface area contributed by atoms with E-state index in [0.717, 1.165) is 6.42 Å². The van der Waals surface area contributed by atoms with E-state index in [1.807, 2.05) is 6.92 Å². The minimum Gasteiger partial charge on any atom is -0.479 e. The third kappa shape index (κ3) is 2.85. The van der Waals surface area contributed by atoms with Gasteiger partial charge in [0.25, 0.3) is 0 Å². The van der Waals surface area contributed by atoms with Crippen molar-refractivity contribution in [3.63, 3.8) is 0 Å². The predicted molar refractivity (Wildman–Crippen MR) is 125 cm³/mol. The summed E-state index contributed by atoms with van der Waals surface area (Å²) in [6.07, 6.45) is 1.64. The van der Waals surface area contributed by atoms with E-state index < -0.39 is 58.1 Å². The number of aliphatic hydroxyl groups excluding tert-OH is 1. The van der Waals surface area contributed by atoms with E-state index in [1.165, 1.54) is 18.2 Å². The predicted octanol–water partition coefficient (Wildman–Crippen LogP) is 4.04. The summed E-state index contributed by atoms with van der Waals surface area (Å²) in [5, 5.41) is 23.8. The summed E-state index contributed by atoms with van der Waals surface area (Å²) in [7, 11) is 0. The van der Waals surface area contributed by atoms with Gasteiger partial charge in [0.05, 0.1) is 6.10 Å². The van der Waals surface area contributed by atoms with Crippen LogP contribution in [0.25, 0.3) is 0 Å². The van der Waals surface area contributed by atoms with Crippen LogP contribution in [0.15, 0.2) is 23.8 Å². The zero-order chi connectivity index (χ0) is 25.7. The van der Waals surface area contributed by atoms with Gasteiger partial charge in [-0.25, -0.2) is 13.6 Å². The third-order valence-corrected chi connectivity index (χ3v) is 10.5. The Kier molecular flexibility index (Phi) is 5.49. The molecule has 2 N–H and O–H groups in total. The first-order valence-electron chi connectivity index (χ1n) is 12.9. The lowest BCUT2D eigenvalue weighted by Crippen LogP contribution is -2.70. The highest BCUT2D eigenvalue weighted by Crippen LogP contribution is 2.72. The number of rotatable bonds is 4. The number of nitrogens with zero attached hydrogens (tertiary/aromatic N) is 1. The Balaban J connectivity index is 1.59. The molecule has 4 aliphatic carbocycles. The van der Waals surface area contributed by atoms with Gasteiger partial charge in [0.1, 0.15) is 6.17 Å². The number of carbonyl (C=O) groups excluding carboxylic acids is 1. The molecule has 0 spiro atoms. The van der Waals surface area contributed by atoms with E-state index in [-0.39, 0.29) is 36.2 Å². The van der Waals surface area contributed by atoms with Crippen LogP contribution in [0.2, 0.25) is 0 Å². The molecule has 8 heteroatoms. The number of carbonyl (C=O) groups is 2. The molecule has 194 valence electrons. The zero-order valence-corrected chi connectivity index (χ0v) is 21.1. The number of ketones is 1. The first-order chi connectivity index (χ1) is 16.3. The summed E-state index contributed by atoms with van der Waals surface area (Å²) in [5.41, 5.74) is -6.31. The molecular weight excluding hydrogens is 456 g/mol. The second-order valence-electron chi connectivity index (χ2n) is 12.2.